The first kappa shape index (κ1) is 50.5. The Morgan fingerprint density at radius 2 is 1.61 bits per heavy atom. The molecule has 67 heavy (non-hydrogen) atoms. The van der Waals surface area contributed by atoms with Crippen LogP contribution in [0.5, 0.6) is 5.88 Å². The molecule has 360 valence electrons. The molecule has 5 aliphatic rings. The number of ketones is 1. The zero-order chi connectivity index (χ0) is 47.9. The molecule has 1 atom stereocenters. The minimum Gasteiger partial charge on any atom is -0.474 e. The number of aromatic nitrogens is 1. The van der Waals surface area contributed by atoms with Gasteiger partial charge in [-0.05, 0) is 112 Å². The lowest BCUT2D eigenvalue weighted by atomic mass is 9.95. The standard InChI is InChI=1S/C46H59N7O3.C6H9NO2.C2H6/c1-5-8-39(27-36-31-53(21-17-35(36)6-2)43-29-48-46-45(33(43)4)47-18-26-56-46)49-38-9-11-40(12-10-38)51-19-15-34(16-20-51)30-50-22-24-52(25-23-50)41-13-14-42(44(55)7-3)37(28-41)32-54;1-4-2-3-5(8)7-6(4)9;1-2/h6,8-14,27-29,32,34,47,49H,5,7,15-26,30-31H2,1-4H3;4H,2-3H2,1H3,(H,7,8,9);1-2H3/b35-6-,36-27-,39-8-;;. The predicted molar refractivity (Wildman–Crippen MR) is 273 cm³/mol. The van der Waals surface area contributed by atoms with Gasteiger partial charge in [0.05, 0.1) is 11.9 Å². The highest BCUT2D eigenvalue weighted by atomic mass is 16.5. The third-order valence-corrected chi connectivity index (χ3v) is 13.5. The molecule has 3 N–H and O–H groups in total. The van der Waals surface area contributed by atoms with Crippen molar-refractivity contribution >= 4 is 52.3 Å². The zero-order valence-corrected chi connectivity index (χ0v) is 41.1. The molecule has 13 heteroatoms. The van der Waals surface area contributed by atoms with Crippen LogP contribution in [-0.4, -0.2) is 106 Å². The van der Waals surface area contributed by atoms with Crippen LogP contribution in [0.2, 0.25) is 0 Å². The molecule has 3 aromatic rings. The molecule has 4 fully saturated rings. The number of rotatable bonds is 12. The lowest BCUT2D eigenvalue weighted by molar-refractivity contribution is -0.135. The molecule has 6 heterocycles. The minimum absolute atomic E-state index is 0.0153. The maximum Gasteiger partial charge on any atom is 0.237 e. The first-order chi connectivity index (χ1) is 32.6. The maximum atomic E-state index is 12.2. The number of hydrogen-bond donors (Lipinski definition) is 3. The van der Waals surface area contributed by atoms with E-state index in [9.17, 15) is 19.2 Å². The second-order valence-corrected chi connectivity index (χ2v) is 17.9. The Kier molecular flexibility index (Phi) is 18.6. The van der Waals surface area contributed by atoms with Gasteiger partial charge in [0.15, 0.2) is 12.1 Å². The van der Waals surface area contributed by atoms with E-state index in [-0.39, 0.29) is 23.5 Å². The second-order valence-electron chi connectivity index (χ2n) is 17.9. The van der Waals surface area contributed by atoms with Gasteiger partial charge >= 0.3 is 0 Å². The molecule has 13 nitrogen and oxygen atoms in total. The van der Waals surface area contributed by atoms with E-state index in [4.69, 9.17) is 4.74 Å². The van der Waals surface area contributed by atoms with E-state index in [1.807, 2.05) is 52.1 Å². The number of carbonyl (C=O) groups is 4. The fourth-order valence-electron chi connectivity index (χ4n) is 9.50. The number of nitrogens with one attached hydrogen (secondary N) is 3. The molecule has 2 amide bonds. The molecule has 8 rings (SSSR count). The van der Waals surface area contributed by atoms with Crippen LogP contribution in [0, 0.1) is 18.8 Å². The van der Waals surface area contributed by atoms with E-state index in [0.29, 0.717) is 48.8 Å². The van der Waals surface area contributed by atoms with Crippen molar-refractivity contribution in [2.75, 3.05) is 97.4 Å². The Morgan fingerprint density at radius 1 is 0.896 bits per heavy atom. The third-order valence-electron chi connectivity index (χ3n) is 13.5. The molecule has 5 aliphatic heterocycles. The van der Waals surface area contributed by atoms with Crippen LogP contribution >= 0.6 is 0 Å². The lowest BCUT2D eigenvalue weighted by Gasteiger charge is -2.40. The van der Waals surface area contributed by atoms with Gasteiger partial charge in [0, 0.05) is 124 Å². The number of piperazine rings is 1. The molecule has 0 aliphatic carbocycles. The predicted octanol–water partition coefficient (Wildman–Crippen LogP) is 9.21. The number of ether oxygens (including phenoxy) is 1. The summed E-state index contributed by atoms with van der Waals surface area (Å²) in [5, 5.41) is 9.48. The summed E-state index contributed by atoms with van der Waals surface area (Å²) in [5.74, 6) is 1.16. The SMILES string of the molecule is C/C=C1/CCN(c2cnc3c(c2C)NCCO3)C/C1=C/C(=C/CC)Nc1ccc(N2CCC(CN3CCN(c4ccc(C(=O)CC)c(C=O)c4)CC3)CC2)cc1.CC.CC1CCC(=O)NC1=O. The number of imide groups is 1. The van der Waals surface area contributed by atoms with E-state index in [1.165, 1.54) is 35.2 Å². The van der Waals surface area contributed by atoms with Gasteiger partial charge < -0.3 is 30.1 Å². The van der Waals surface area contributed by atoms with Crippen LogP contribution in [0.3, 0.4) is 0 Å². The Labute approximate surface area is 399 Å². The highest BCUT2D eigenvalue weighted by molar-refractivity contribution is 6.03. The Balaban J connectivity index is 0.000000597. The number of allylic oxidation sites excluding steroid dienone is 3. The van der Waals surface area contributed by atoms with Crippen molar-refractivity contribution in [2.24, 2.45) is 11.8 Å². The molecular weight excluding hydrogens is 841 g/mol. The molecular formula is C54H74N8O5. The summed E-state index contributed by atoms with van der Waals surface area (Å²) in [6.45, 7) is 24.6. The summed E-state index contributed by atoms with van der Waals surface area (Å²) in [5.41, 5.74) is 11.7. The summed E-state index contributed by atoms with van der Waals surface area (Å²) in [6.07, 6.45) is 15.6. The smallest absolute Gasteiger partial charge is 0.237 e. The molecule has 1 unspecified atom stereocenters. The van der Waals surface area contributed by atoms with Gasteiger partial charge in [0.1, 0.15) is 12.3 Å². The first-order valence-corrected chi connectivity index (χ1v) is 24.8. The number of hydrogen-bond acceptors (Lipinski definition) is 12. The van der Waals surface area contributed by atoms with Crippen LogP contribution in [0.25, 0.3) is 0 Å². The van der Waals surface area contributed by atoms with Crippen molar-refractivity contribution in [3.63, 3.8) is 0 Å². The summed E-state index contributed by atoms with van der Waals surface area (Å²) >= 11 is 0. The molecule has 0 radical (unpaired) electrons. The van der Waals surface area contributed by atoms with E-state index in [0.717, 1.165) is 113 Å². The van der Waals surface area contributed by atoms with Crippen LogP contribution in [0.15, 0.2) is 83.7 Å². The number of anilines is 5. The number of piperidine rings is 3. The summed E-state index contributed by atoms with van der Waals surface area (Å²) in [6, 6.07) is 14.7. The Hall–Kier alpha value is -5.95. The van der Waals surface area contributed by atoms with Gasteiger partial charge in [0.25, 0.3) is 0 Å². The molecule has 2 aromatic carbocycles. The van der Waals surface area contributed by atoms with Crippen LogP contribution in [0.4, 0.5) is 28.4 Å². The number of Topliss-reactive ketones (excluding diaryl/α,β-unsaturated/α-hetero) is 1. The third kappa shape index (κ3) is 13.1. The first-order valence-electron chi connectivity index (χ1n) is 24.8. The maximum absolute atomic E-state index is 12.2. The Bertz CT molecular complexity index is 2270. The van der Waals surface area contributed by atoms with Gasteiger partial charge in [0.2, 0.25) is 17.7 Å². The number of fused-ring (bicyclic) bond motifs is 1. The number of amides is 2. The molecule has 4 saturated heterocycles. The fourth-order valence-corrected chi connectivity index (χ4v) is 9.50. The number of pyridine rings is 1. The van der Waals surface area contributed by atoms with Crippen molar-refractivity contribution < 1.29 is 23.9 Å². The van der Waals surface area contributed by atoms with Crippen molar-refractivity contribution in [2.45, 2.75) is 93.4 Å². The highest BCUT2D eigenvalue weighted by Gasteiger charge is 2.27. The molecule has 1 aromatic heterocycles. The monoisotopic (exact) mass is 915 g/mol. The Morgan fingerprint density at radius 3 is 2.27 bits per heavy atom. The molecule has 0 bridgehead atoms. The van der Waals surface area contributed by atoms with Gasteiger partial charge in [-0.15, -0.1) is 0 Å². The number of aldehydes is 1. The van der Waals surface area contributed by atoms with Gasteiger partial charge in [-0.3, -0.25) is 29.4 Å². The van der Waals surface area contributed by atoms with E-state index in [2.05, 4.69) is 104 Å². The lowest BCUT2D eigenvalue weighted by Crippen LogP contribution is -2.49. The zero-order valence-electron chi connectivity index (χ0n) is 41.1. The van der Waals surface area contributed by atoms with Crippen LogP contribution < -0.4 is 35.4 Å². The number of benzene rings is 2. The van der Waals surface area contributed by atoms with Crippen molar-refractivity contribution in [3.05, 3.63) is 100 Å². The van der Waals surface area contributed by atoms with Crippen LogP contribution in [-0.2, 0) is 9.59 Å². The normalized spacial score (nSPS) is 20.4. The summed E-state index contributed by atoms with van der Waals surface area (Å²) in [7, 11) is 0. The summed E-state index contributed by atoms with van der Waals surface area (Å²) < 4.78 is 5.79. The average molecular weight is 915 g/mol. The van der Waals surface area contributed by atoms with Crippen molar-refractivity contribution in [1.29, 1.82) is 0 Å². The van der Waals surface area contributed by atoms with E-state index < -0.39 is 0 Å². The molecule has 0 spiro atoms. The fraction of sp³-hybridized carbons (Fsp3) is 0.500. The van der Waals surface area contributed by atoms with Crippen molar-refractivity contribution in [3.8, 4) is 5.88 Å². The molecule has 0 saturated carbocycles. The van der Waals surface area contributed by atoms with E-state index in [1.54, 1.807) is 0 Å². The van der Waals surface area contributed by atoms with Crippen molar-refractivity contribution in [1.82, 2.24) is 15.2 Å². The van der Waals surface area contributed by atoms with Gasteiger partial charge in [-0.25, -0.2) is 4.98 Å². The van der Waals surface area contributed by atoms with Gasteiger partial charge in [-0.1, -0.05) is 46.8 Å². The van der Waals surface area contributed by atoms with Gasteiger partial charge in [-0.2, -0.15) is 0 Å². The van der Waals surface area contributed by atoms with E-state index >= 15 is 0 Å². The minimum atomic E-state index is -0.141. The average Bonchev–Trinajstić information content (AvgIpc) is 3.36. The topological polar surface area (TPSA) is 139 Å². The number of carbonyl (C=O) groups excluding carboxylic acids is 4. The number of nitrogens with zero attached hydrogens (tertiary/aromatic N) is 5. The highest BCUT2D eigenvalue weighted by Crippen LogP contribution is 2.37. The van der Waals surface area contributed by atoms with Crippen LogP contribution in [0.1, 0.15) is 113 Å². The summed E-state index contributed by atoms with van der Waals surface area (Å²) in [4.78, 5) is 59.7. The largest absolute Gasteiger partial charge is 0.474 e. The quantitative estimate of drug-likeness (QED) is 0.0907. The second kappa shape index (κ2) is 24.7.